The van der Waals surface area contributed by atoms with Gasteiger partial charge >= 0.3 is 0 Å². The number of nitrogens with zero attached hydrogens (tertiary/aromatic N) is 1. The van der Waals surface area contributed by atoms with Gasteiger partial charge in [-0.05, 0) is 17.7 Å². The summed E-state index contributed by atoms with van der Waals surface area (Å²) in [5.41, 5.74) is 2.12. The Labute approximate surface area is 108 Å². The molecule has 96 valence electrons. The van der Waals surface area contributed by atoms with E-state index in [0.29, 0.717) is 23.4 Å². The number of carbonyl (C=O) groups excluding carboxylic acids is 2. The Kier molecular flexibility index (Phi) is 2.75. The fourth-order valence-electron chi connectivity index (χ4n) is 1.96. The summed E-state index contributed by atoms with van der Waals surface area (Å²) in [6.45, 7) is 0.280. The summed E-state index contributed by atoms with van der Waals surface area (Å²) < 4.78 is 4.89. The second-order valence-electron chi connectivity index (χ2n) is 4.26. The number of aromatic nitrogens is 1. The third-order valence-electron chi connectivity index (χ3n) is 2.91. The standard InChI is InChI=1S/C13H11N3O3/c17-12-6-8-1-2-9(5-11(8)16-12)13(18)14-7-10-3-4-15-19-10/h1-5H,6-7H2,(H,14,18)(H,16,17). The van der Waals surface area contributed by atoms with Crippen molar-refractivity contribution in [3.63, 3.8) is 0 Å². The van der Waals surface area contributed by atoms with Crippen LogP contribution in [0.25, 0.3) is 0 Å². The molecule has 0 unspecified atom stereocenters. The normalized spacial score (nSPS) is 12.9. The average Bonchev–Trinajstić information content (AvgIpc) is 3.02. The van der Waals surface area contributed by atoms with Crippen molar-refractivity contribution in [2.45, 2.75) is 13.0 Å². The smallest absolute Gasteiger partial charge is 0.251 e. The molecule has 1 aromatic carbocycles. The van der Waals surface area contributed by atoms with E-state index in [2.05, 4.69) is 15.8 Å². The van der Waals surface area contributed by atoms with Crippen molar-refractivity contribution in [3.8, 4) is 0 Å². The van der Waals surface area contributed by atoms with Crippen LogP contribution in [0.2, 0.25) is 0 Å². The minimum atomic E-state index is -0.222. The first-order valence-corrected chi connectivity index (χ1v) is 5.83. The lowest BCUT2D eigenvalue weighted by Crippen LogP contribution is -2.22. The van der Waals surface area contributed by atoms with Crippen LogP contribution in [-0.2, 0) is 17.8 Å². The van der Waals surface area contributed by atoms with Gasteiger partial charge in [-0.15, -0.1) is 0 Å². The molecule has 0 saturated carbocycles. The van der Waals surface area contributed by atoms with Crippen LogP contribution in [0.15, 0.2) is 35.0 Å². The summed E-state index contributed by atoms with van der Waals surface area (Å²) >= 11 is 0. The zero-order chi connectivity index (χ0) is 13.2. The highest BCUT2D eigenvalue weighted by Gasteiger charge is 2.19. The molecule has 6 heteroatoms. The summed E-state index contributed by atoms with van der Waals surface area (Å²) in [7, 11) is 0. The molecule has 6 nitrogen and oxygen atoms in total. The van der Waals surface area contributed by atoms with Crippen molar-refractivity contribution in [3.05, 3.63) is 47.3 Å². The van der Waals surface area contributed by atoms with Crippen LogP contribution in [0.5, 0.6) is 0 Å². The molecule has 0 spiro atoms. The molecule has 2 heterocycles. The lowest BCUT2D eigenvalue weighted by Gasteiger charge is -2.05. The van der Waals surface area contributed by atoms with Gasteiger partial charge in [0, 0.05) is 17.3 Å². The van der Waals surface area contributed by atoms with E-state index in [-0.39, 0.29) is 18.4 Å². The lowest BCUT2D eigenvalue weighted by atomic mass is 10.1. The fourth-order valence-corrected chi connectivity index (χ4v) is 1.96. The van der Waals surface area contributed by atoms with Crippen molar-refractivity contribution >= 4 is 17.5 Å². The van der Waals surface area contributed by atoms with Gasteiger partial charge < -0.3 is 15.2 Å². The van der Waals surface area contributed by atoms with E-state index in [1.807, 2.05) is 0 Å². The van der Waals surface area contributed by atoms with Gasteiger partial charge in [0.2, 0.25) is 5.91 Å². The van der Waals surface area contributed by atoms with Crippen molar-refractivity contribution in [1.29, 1.82) is 0 Å². The van der Waals surface area contributed by atoms with E-state index >= 15 is 0 Å². The lowest BCUT2D eigenvalue weighted by molar-refractivity contribution is -0.115. The SMILES string of the molecule is O=C1Cc2ccc(C(=O)NCc3ccno3)cc2N1. The number of benzene rings is 1. The van der Waals surface area contributed by atoms with E-state index in [9.17, 15) is 9.59 Å². The van der Waals surface area contributed by atoms with Gasteiger partial charge in [-0.25, -0.2) is 0 Å². The highest BCUT2D eigenvalue weighted by Crippen LogP contribution is 2.23. The number of nitrogens with one attached hydrogen (secondary N) is 2. The van der Waals surface area contributed by atoms with Crippen LogP contribution in [0, 0.1) is 0 Å². The van der Waals surface area contributed by atoms with Gasteiger partial charge in [0.25, 0.3) is 5.91 Å². The molecule has 1 aromatic heterocycles. The first kappa shape index (κ1) is 11.5. The first-order chi connectivity index (χ1) is 9.22. The van der Waals surface area contributed by atoms with E-state index in [4.69, 9.17) is 4.52 Å². The monoisotopic (exact) mass is 257 g/mol. The quantitative estimate of drug-likeness (QED) is 0.862. The van der Waals surface area contributed by atoms with E-state index in [0.717, 1.165) is 5.56 Å². The number of rotatable bonds is 3. The van der Waals surface area contributed by atoms with Crippen molar-refractivity contribution in [2.24, 2.45) is 0 Å². The predicted octanol–water partition coefficient (Wildman–Crippen LogP) is 1.10. The summed E-state index contributed by atoms with van der Waals surface area (Å²) in [6, 6.07) is 6.85. The van der Waals surface area contributed by atoms with Gasteiger partial charge in [0.1, 0.15) is 0 Å². The maximum absolute atomic E-state index is 11.9. The molecule has 19 heavy (non-hydrogen) atoms. The van der Waals surface area contributed by atoms with Gasteiger partial charge in [0.05, 0.1) is 19.2 Å². The van der Waals surface area contributed by atoms with Crippen LogP contribution in [0.3, 0.4) is 0 Å². The number of fused-ring (bicyclic) bond motifs is 1. The molecule has 0 bridgehead atoms. The summed E-state index contributed by atoms with van der Waals surface area (Å²) in [5.74, 6) is 0.317. The minimum Gasteiger partial charge on any atom is -0.360 e. The van der Waals surface area contributed by atoms with Crippen molar-refractivity contribution in [2.75, 3.05) is 5.32 Å². The second kappa shape index (κ2) is 4.56. The Morgan fingerprint density at radius 2 is 2.32 bits per heavy atom. The Bertz CT molecular complexity index is 635. The Morgan fingerprint density at radius 1 is 1.42 bits per heavy atom. The molecule has 2 N–H and O–H groups in total. The molecule has 0 atom stereocenters. The number of carbonyl (C=O) groups is 2. The summed E-state index contributed by atoms with van der Waals surface area (Å²) in [5, 5.41) is 8.99. The van der Waals surface area contributed by atoms with Crippen molar-refractivity contribution < 1.29 is 14.1 Å². The minimum absolute atomic E-state index is 0.0470. The first-order valence-electron chi connectivity index (χ1n) is 5.83. The maximum atomic E-state index is 11.9. The van der Waals surface area contributed by atoms with Crippen LogP contribution < -0.4 is 10.6 Å². The predicted molar refractivity (Wildman–Crippen MR) is 66.4 cm³/mol. The molecule has 0 aliphatic carbocycles. The molecule has 0 radical (unpaired) electrons. The number of hydrogen-bond acceptors (Lipinski definition) is 4. The maximum Gasteiger partial charge on any atom is 0.251 e. The molecule has 1 aliphatic heterocycles. The largest absolute Gasteiger partial charge is 0.360 e. The zero-order valence-electron chi connectivity index (χ0n) is 9.97. The fraction of sp³-hybridized carbons (Fsp3) is 0.154. The van der Waals surface area contributed by atoms with Crippen LogP contribution >= 0.6 is 0 Å². The van der Waals surface area contributed by atoms with Crippen LogP contribution in [0.1, 0.15) is 21.7 Å². The third kappa shape index (κ3) is 2.33. The molecule has 2 aromatic rings. The molecular formula is C13H11N3O3. The summed E-state index contributed by atoms with van der Waals surface area (Å²) in [6.07, 6.45) is 1.89. The Hall–Kier alpha value is -2.63. The van der Waals surface area contributed by atoms with Crippen molar-refractivity contribution in [1.82, 2.24) is 10.5 Å². The molecular weight excluding hydrogens is 246 g/mol. The van der Waals surface area contributed by atoms with Gasteiger partial charge in [-0.1, -0.05) is 11.2 Å². The molecule has 1 aliphatic rings. The van der Waals surface area contributed by atoms with Gasteiger partial charge in [-0.3, -0.25) is 9.59 Å². The average molecular weight is 257 g/mol. The highest BCUT2D eigenvalue weighted by molar-refractivity contribution is 6.02. The van der Waals surface area contributed by atoms with Gasteiger partial charge in [-0.2, -0.15) is 0 Å². The Morgan fingerprint density at radius 3 is 3.11 bits per heavy atom. The van der Waals surface area contributed by atoms with E-state index in [1.165, 1.54) is 6.20 Å². The van der Waals surface area contributed by atoms with Gasteiger partial charge in [0.15, 0.2) is 5.76 Å². The van der Waals surface area contributed by atoms with Crippen LogP contribution in [-0.4, -0.2) is 17.0 Å². The molecule has 0 saturated heterocycles. The second-order valence-corrected chi connectivity index (χ2v) is 4.26. The zero-order valence-corrected chi connectivity index (χ0v) is 9.97. The summed E-state index contributed by atoms with van der Waals surface area (Å²) in [4.78, 5) is 23.2. The third-order valence-corrected chi connectivity index (χ3v) is 2.91. The van der Waals surface area contributed by atoms with Crippen LogP contribution in [0.4, 0.5) is 5.69 Å². The Balaban J connectivity index is 1.70. The highest BCUT2D eigenvalue weighted by atomic mass is 16.5. The van der Waals surface area contributed by atoms with E-state index in [1.54, 1.807) is 24.3 Å². The number of anilines is 1. The molecule has 3 rings (SSSR count). The topological polar surface area (TPSA) is 84.2 Å². The number of amides is 2. The molecule has 2 amide bonds. The molecule has 0 fully saturated rings. The number of hydrogen-bond donors (Lipinski definition) is 2. The van der Waals surface area contributed by atoms with E-state index < -0.39 is 0 Å².